The van der Waals surface area contributed by atoms with Crippen molar-refractivity contribution in [1.29, 1.82) is 0 Å². The highest BCUT2D eigenvalue weighted by atomic mass is 32.1. The van der Waals surface area contributed by atoms with Crippen molar-refractivity contribution in [1.82, 2.24) is 0 Å². The fourth-order valence-corrected chi connectivity index (χ4v) is 1.34. The molecule has 0 saturated heterocycles. The first-order valence-electron chi connectivity index (χ1n) is 4.72. The highest BCUT2D eigenvalue weighted by molar-refractivity contribution is 7.80. The first-order valence-corrected chi connectivity index (χ1v) is 5.36. The summed E-state index contributed by atoms with van der Waals surface area (Å²) in [5.74, 6) is 6.04. The van der Waals surface area contributed by atoms with Crippen LogP contribution in [-0.4, -0.2) is 5.75 Å². The quantitative estimate of drug-likeness (QED) is 0.565. The van der Waals surface area contributed by atoms with Crippen molar-refractivity contribution in [2.45, 2.75) is 19.5 Å². The Labute approximate surface area is 98.3 Å². The van der Waals surface area contributed by atoms with Crippen LogP contribution in [0.15, 0.2) is 18.2 Å². The predicted molar refractivity (Wildman–Crippen MR) is 61.5 cm³/mol. The van der Waals surface area contributed by atoms with Crippen LogP contribution in [0.1, 0.15) is 23.1 Å². The van der Waals surface area contributed by atoms with E-state index in [-0.39, 0.29) is 5.56 Å². The molecule has 1 aromatic rings. The van der Waals surface area contributed by atoms with E-state index in [1.54, 1.807) is 6.07 Å². The van der Waals surface area contributed by atoms with Gasteiger partial charge in [-0.05, 0) is 24.6 Å². The second-order valence-electron chi connectivity index (χ2n) is 3.30. The molecule has 0 spiro atoms. The summed E-state index contributed by atoms with van der Waals surface area (Å²) in [5, 5.41) is 0. The minimum absolute atomic E-state index is 0.215. The maximum absolute atomic E-state index is 12.6. The van der Waals surface area contributed by atoms with Gasteiger partial charge in [0.15, 0.2) is 0 Å². The molecular weight excluding hydrogens is 233 g/mol. The molecule has 0 radical (unpaired) electrons. The molecule has 0 saturated carbocycles. The molecule has 0 amide bonds. The van der Waals surface area contributed by atoms with Crippen LogP contribution in [0.2, 0.25) is 0 Å². The van der Waals surface area contributed by atoms with Crippen molar-refractivity contribution in [3.8, 4) is 11.8 Å². The van der Waals surface area contributed by atoms with E-state index in [1.807, 2.05) is 0 Å². The maximum Gasteiger partial charge on any atom is 0.416 e. The lowest BCUT2D eigenvalue weighted by Gasteiger charge is -2.09. The molecule has 0 aliphatic heterocycles. The topological polar surface area (TPSA) is 0 Å². The molecule has 0 aromatic heterocycles. The minimum atomic E-state index is -4.31. The van der Waals surface area contributed by atoms with Gasteiger partial charge in [-0.3, -0.25) is 0 Å². The molecule has 16 heavy (non-hydrogen) atoms. The van der Waals surface area contributed by atoms with Crippen LogP contribution in [-0.2, 0) is 6.18 Å². The molecule has 0 unspecified atom stereocenters. The fraction of sp³-hybridized carbons (Fsp3) is 0.333. The fourth-order valence-electron chi connectivity index (χ4n) is 1.23. The average molecular weight is 244 g/mol. The number of hydrogen-bond acceptors (Lipinski definition) is 1. The van der Waals surface area contributed by atoms with Crippen molar-refractivity contribution in [2.24, 2.45) is 0 Å². The number of rotatable bonds is 1. The number of hydrogen-bond donors (Lipinski definition) is 1. The van der Waals surface area contributed by atoms with Crippen LogP contribution in [0.5, 0.6) is 0 Å². The summed E-state index contributed by atoms with van der Waals surface area (Å²) < 4.78 is 37.7. The molecule has 0 N–H and O–H groups in total. The van der Waals surface area contributed by atoms with Gasteiger partial charge in [-0.1, -0.05) is 17.9 Å². The van der Waals surface area contributed by atoms with Gasteiger partial charge in [-0.25, -0.2) is 0 Å². The van der Waals surface area contributed by atoms with Gasteiger partial charge < -0.3 is 0 Å². The van der Waals surface area contributed by atoms with E-state index in [2.05, 4.69) is 24.5 Å². The van der Waals surface area contributed by atoms with Crippen LogP contribution < -0.4 is 0 Å². The molecule has 1 rings (SSSR count). The second kappa shape index (κ2) is 5.31. The summed E-state index contributed by atoms with van der Waals surface area (Å²) in [6.07, 6.45) is -3.75. The molecule has 0 aliphatic rings. The standard InChI is InChI=1S/C12H11F3S/c1-9-5-6-10(4-2-3-7-16)8-11(9)12(13,14)15/h5-6,8,16H,3,7H2,1H3. The van der Waals surface area contributed by atoms with Gasteiger partial charge >= 0.3 is 6.18 Å². The predicted octanol–water partition coefficient (Wildman–Crippen LogP) is 3.69. The molecule has 0 aliphatic carbocycles. The third-order valence-electron chi connectivity index (χ3n) is 2.01. The summed E-state index contributed by atoms with van der Waals surface area (Å²) >= 11 is 3.97. The molecule has 4 heteroatoms. The normalized spacial score (nSPS) is 10.8. The Morgan fingerprint density at radius 2 is 2.00 bits per heavy atom. The number of alkyl halides is 3. The molecule has 1 aromatic carbocycles. The minimum Gasteiger partial charge on any atom is -0.178 e. The Morgan fingerprint density at radius 3 is 2.56 bits per heavy atom. The van der Waals surface area contributed by atoms with Gasteiger partial charge in [0, 0.05) is 17.7 Å². The van der Waals surface area contributed by atoms with Crippen molar-refractivity contribution in [3.63, 3.8) is 0 Å². The van der Waals surface area contributed by atoms with E-state index in [0.29, 0.717) is 17.7 Å². The Morgan fingerprint density at radius 1 is 1.31 bits per heavy atom. The van der Waals surface area contributed by atoms with Crippen LogP contribution in [0, 0.1) is 18.8 Å². The number of benzene rings is 1. The SMILES string of the molecule is Cc1ccc(C#CCCS)cc1C(F)(F)F. The lowest BCUT2D eigenvalue weighted by Crippen LogP contribution is -2.07. The van der Waals surface area contributed by atoms with Gasteiger partial charge in [0.05, 0.1) is 5.56 Å². The Balaban J connectivity index is 3.05. The number of thiol groups is 1. The first kappa shape index (κ1) is 13.0. The van der Waals surface area contributed by atoms with E-state index in [0.717, 1.165) is 6.07 Å². The van der Waals surface area contributed by atoms with Gasteiger partial charge in [-0.15, -0.1) is 0 Å². The highest BCUT2D eigenvalue weighted by Crippen LogP contribution is 2.32. The Kier molecular flexibility index (Phi) is 4.31. The molecule has 0 fully saturated rings. The van der Waals surface area contributed by atoms with E-state index < -0.39 is 11.7 Å². The summed E-state index contributed by atoms with van der Waals surface area (Å²) in [7, 11) is 0. The second-order valence-corrected chi connectivity index (χ2v) is 3.75. The van der Waals surface area contributed by atoms with Gasteiger partial charge in [0.25, 0.3) is 0 Å². The smallest absolute Gasteiger partial charge is 0.178 e. The zero-order valence-corrected chi connectivity index (χ0v) is 9.62. The van der Waals surface area contributed by atoms with E-state index in [4.69, 9.17) is 0 Å². The van der Waals surface area contributed by atoms with Crippen molar-refractivity contribution in [2.75, 3.05) is 5.75 Å². The van der Waals surface area contributed by atoms with Crippen LogP contribution in [0.3, 0.4) is 0 Å². The largest absolute Gasteiger partial charge is 0.416 e. The van der Waals surface area contributed by atoms with Gasteiger partial charge in [0.2, 0.25) is 0 Å². The third kappa shape index (κ3) is 3.49. The molecule has 0 nitrogen and oxygen atoms in total. The van der Waals surface area contributed by atoms with Crippen molar-refractivity contribution >= 4 is 12.6 Å². The highest BCUT2D eigenvalue weighted by Gasteiger charge is 2.32. The maximum atomic E-state index is 12.6. The molecule has 0 atom stereocenters. The molecule has 0 heterocycles. The summed E-state index contributed by atoms with van der Waals surface area (Å²) in [6.45, 7) is 1.44. The van der Waals surface area contributed by atoms with Crippen LogP contribution >= 0.6 is 12.6 Å². The van der Waals surface area contributed by atoms with E-state index in [9.17, 15) is 13.2 Å². The first-order chi connectivity index (χ1) is 7.45. The Hall–Kier alpha value is -1.08. The van der Waals surface area contributed by atoms with E-state index >= 15 is 0 Å². The van der Waals surface area contributed by atoms with Crippen LogP contribution in [0.4, 0.5) is 13.2 Å². The monoisotopic (exact) mass is 244 g/mol. The Bertz CT molecular complexity index is 424. The molecule has 86 valence electrons. The van der Waals surface area contributed by atoms with Crippen molar-refractivity contribution in [3.05, 3.63) is 34.9 Å². The zero-order valence-electron chi connectivity index (χ0n) is 8.73. The molecule has 0 bridgehead atoms. The number of halogens is 3. The third-order valence-corrected chi connectivity index (χ3v) is 2.24. The average Bonchev–Trinajstić information content (AvgIpc) is 2.19. The van der Waals surface area contributed by atoms with Gasteiger partial charge in [-0.2, -0.15) is 25.8 Å². The van der Waals surface area contributed by atoms with Gasteiger partial charge in [0.1, 0.15) is 0 Å². The molecular formula is C12H11F3S. The van der Waals surface area contributed by atoms with Crippen molar-refractivity contribution < 1.29 is 13.2 Å². The summed E-state index contributed by atoms with van der Waals surface area (Å²) in [4.78, 5) is 0. The number of aryl methyl sites for hydroxylation is 1. The van der Waals surface area contributed by atoms with Crippen LogP contribution in [0.25, 0.3) is 0 Å². The lowest BCUT2D eigenvalue weighted by molar-refractivity contribution is -0.138. The lowest BCUT2D eigenvalue weighted by atomic mass is 10.0. The zero-order chi connectivity index (χ0) is 12.2. The van der Waals surface area contributed by atoms with E-state index in [1.165, 1.54) is 13.0 Å². The summed E-state index contributed by atoms with van der Waals surface area (Å²) in [6, 6.07) is 4.12. The summed E-state index contributed by atoms with van der Waals surface area (Å²) in [5.41, 5.74) is -0.0165.